The van der Waals surface area contributed by atoms with Gasteiger partial charge in [-0.1, -0.05) is 11.6 Å². The van der Waals surface area contributed by atoms with Crippen LogP contribution in [0.15, 0.2) is 39.8 Å². The molecule has 0 saturated carbocycles. The first-order chi connectivity index (χ1) is 10.5. The van der Waals surface area contributed by atoms with Crippen LogP contribution in [0.3, 0.4) is 0 Å². The van der Waals surface area contributed by atoms with Gasteiger partial charge >= 0.3 is 6.18 Å². The second kappa shape index (κ2) is 6.17. The lowest BCUT2D eigenvalue weighted by atomic mass is 10.2. The van der Waals surface area contributed by atoms with E-state index in [-0.39, 0.29) is 16.4 Å². The minimum Gasteiger partial charge on any atom is -0.383 e. The Morgan fingerprint density at radius 2 is 1.91 bits per heavy atom. The van der Waals surface area contributed by atoms with Crippen LogP contribution >= 0.6 is 27.5 Å². The van der Waals surface area contributed by atoms with E-state index in [1.54, 1.807) is 0 Å². The lowest BCUT2D eigenvalue weighted by Gasteiger charge is -2.13. The van der Waals surface area contributed by atoms with Crippen LogP contribution in [0.5, 0.6) is 0 Å². The smallest absolute Gasteiger partial charge is 0.383 e. The quantitative estimate of drug-likeness (QED) is 0.773. The number of aromatic nitrogens is 1. The number of nitrogens with zero attached hydrogens (tertiary/aromatic N) is 1. The molecule has 0 saturated heterocycles. The average molecular weight is 431 g/mol. The van der Waals surface area contributed by atoms with Crippen molar-refractivity contribution in [3.8, 4) is 0 Å². The van der Waals surface area contributed by atoms with Crippen LogP contribution in [0.1, 0.15) is 5.56 Å². The van der Waals surface area contributed by atoms with E-state index < -0.39 is 26.8 Å². The summed E-state index contributed by atoms with van der Waals surface area (Å²) in [6.07, 6.45) is -3.42. The van der Waals surface area contributed by atoms with Crippen LogP contribution in [0.4, 0.5) is 24.7 Å². The van der Waals surface area contributed by atoms with Gasteiger partial charge in [-0.15, -0.1) is 0 Å². The molecule has 0 radical (unpaired) electrons. The molecule has 0 unspecified atom stereocenters. The minimum absolute atomic E-state index is 0.286. The molecule has 1 heterocycles. The first kappa shape index (κ1) is 17.8. The lowest BCUT2D eigenvalue weighted by Crippen LogP contribution is -2.16. The average Bonchev–Trinajstić information content (AvgIpc) is 2.42. The minimum atomic E-state index is -4.71. The van der Waals surface area contributed by atoms with Gasteiger partial charge < -0.3 is 5.73 Å². The summed E-state index contributed by atoms with van der Waals surface area (Å²) < 4.78 is 65.3. The third-order valence-electron chi connectivity index (χ3n) is 2.66. The molecule has 124 valence electrons. The third-order valence-corrected chi connectivity index (χ3v) is 4.84. The molecule has 2 rings (SSSR count). The summed E-state index contributed by atoms with van der Waals surface area (Å²) in [5.41, 5.74) is 4.04. The summed E-state index contributed by atoms with van der Waals surface area (Å²) in [5.74, 6) is -0.286. The number of rotatable bonds is 3. The van der Waals surface area contributed by atoms with E-state index in [1.165, 1.54) is 12.3 Å². The van der Waals surface area contributed by atoms with E-state index in [9.17, 15) is 21.6 Å². The second-order valence-corrected chi connectivity index (χ2v) is 7.31. The zero-order valence-electron chi connectivity index (χ0n) is 11.0. The molecular formula is C12H8BrClF3N3O2S. The van der Waals surface area contributed by atoms with Crippen molar-refractivity contribution in [2.75, 3.05) is 10.5 Å². The lowest BCUT2D eigenvalue weighted by molar-refractivity contribution is -0.137. The Hall–Kier alpha value is -1.52. The molecule has 1 aromatic carbocycles. The number of halogens is 5. The number of anilines is 2. The van der Waals surface area contributed by atoms with Gasteiger partial charge in [0.25, 0.3) is 10.0 Å². The highest BCUT2D eigenvalue weighted by Gasteiger charge is 2.33. The van der Waals surface area contributed by atoms with E-state index in [4.69, 9.17) is 17.3 Å². The van der Waals surface area contributed by atoms with E-state index in [0.717, 1.165) is 12.1 Å². The number of benzene rings is 1. The molecule has 0 fully saturated rings. The Balaban J connectivity index is 2.44. The van der Waals surface area contributed by atoms with Gasteiger partial charge in [0.2, 0.25) is 0 Å². The first-order valence-corrected chi connectivity index (χ1v) is 8.47. The van der Waals surface area contributed by atoms with Crippen molar-refractivity contribution in [3.05, 3.63) is 45.5 Å². The summed E-state index contributed by atoms with van der Waals surface area (Å²) in [6, 6.07) is 3.84. The first-order valence-electron chi connectivity index (χ1n) is 5.81. The molecule has 1 aromatic heterocycles. The summed E-state index contributed by atoms with van der Waals surface area (Å²) in [4.78, 5) is 3.30. The van der Waals surface area contributed by atoms with E-state index in [2.05, 4.69) is 20.9 Å². The third kappa shape index (κ3) is 4.06. The van der Waals surface area contributed by atoms with Crippen LogP contribution < -0.4 is 10.5 Å². The topological polar surface area (TPSA) is 85.1 Å². The Kier molecular flexibility index (Phi) is 4.79. The zero-order chi connectivity index (χ0) is 17.4. The number of nitrogens with two attached hydrogens (primary N) is 1. The van der Waals surface area contributed by atoms with Crippen molar-refractivity contribution in [3.63, 3.8) is 0 Å². The number of nitrogen functional groups attached to an aromatic ring is 1. The SMILES string of the molecule is Nc1ncc(Br)cc1S(=O)(=O)Nc1ccc(Cl)c(C(F)(F)F)c1. The van der Waals surface area contributed by atoms with Crippen molar-refractivity contribution in [1.82, 2.24) is 4.98 Å². The fourth-order valence-corrected chi connectivity index (χ4v) is 3.53. The number of hydrogen-bond donors (Lipinski definition) is 2. The van der Waals surface area contributed by atoms with Crippen LogP contribution in [-0.2, 0) is 16.2 Å². The van der Waals surface area contributed by atoms with Gasteiger partial charge in [0, 0.05) is 16.4 Å². The molecule has 2 aromatic rings. The van der Waals surface area contributed by atoms with Crippen LogP contribution in [-0.4, -0.2) is 13.4 Å². The van der Waals surface area contributed by atoms with Gasteiger partial charge in [0.1, 0.15) is 10.7 Å². The van der Waals surface area contributed by atoms with Gasteiger partial charge in [-0.3, -0.25) is 4.72 Å². The molecule has 3 N–H and O–H groups in total. The Morgan fingerprint density at radius 3 is 2.52 bits per heavy atom. The van der Waals surface area contributed by atoms with Crippen molar-refractivity contribution in [2.24, 2.45) is 0 Å². The number of nitrogens with one attached hydrogen (secondary N) is 1. The van der Waals surface area contributed by atoms with E-state index in [0.29, 0.717) is 10.5 Å². The molecule has 23 heavy (non-hydrogen) atoms. The number of pyridine rings is 1. The van der Waals surface area contributed by atoms with Crippen LogP contribution in [0, 0.1) is 0 Å². The van der Waals surface area contributed by atoms with Crippen LogP contribution in [0.25, 0.3) is 0 Å². The highest BCUT2D eigenvalue weighted by Crippen LogP contribution is 2.36. The van der Waals surface area contributed by atoms with Crippen molar-refractivity contribution in [2.45, 2.75) is 11.1 Å². The fraction of sp³-hybridized carbons (Fsp3) is 0.0833. The predicted molar refractivity (Wildman–Crippen MR) is 83.6 cm³/mol. The second-order valence-electron chi connectivity index (χ2n) is 4.33. The zero-order valence-corrected chi connectivity index (χ0v) is 14.2. The van der Waals surface area contributed by atoms with Gasteiger partial charge in [-0.2, -0.15) is 13.2 Å². The summed E-state index contributed by atoms with van der Waals surface area (Å²) in [5, 5.41) is -0.538. The normalized spacial score (nSPS) is 12.2. The Bertz CT molecular complexity index is 859. The van der Waals surface area contributed by atoms with Crippen molar-refractivity contribution >= 4 is 49.1 Å². The number of hydrogen-bond acceptors (Lipinski definition) is 4. The number of alkyl halides is 3. The van der Waals surface area contributed by atoms with E-state index >= 15 is 0 Å². The maximum Gasteiger partial charge on any atom is 0.417 e. The van der Waals surface area contributed by atoms with E-state index in [1.807, 2.05) is 4.72 Å². The molecule has 11 heteroatoms. The highest BCUT2D eigenvalue weighted by molar-refractivity contribution is 9.10. The molecule has 0 atom stereocenters. The van der Waals surface area contributed by atoms with Crippen molar-refractivity contribution in [1.29, 1.82) is 0 Å². The molecule has 0 spiro atoms. The molecule has 0 amide bonds. The molecule has 0 aliphatic heterocycles. The fourth-order valence-electron chi connectivity index (χ4n) is 1.66. The molecular weight excluding hydrogens is 423 g/mol. The van der Waals surface area contributed by atoms with Gasteiger partial charge in [0.05, 0.1) is 10.6 Å². The van der Waals surface area contributed by atoms with Gasteiger partial charge in [0.15, 0.2) is 0 Å². The largest absolute Gasteiger partial charge is 0.417 e. The highest BCUT2D eigenvalue weighted by atomic mass is 79.9. The maximum atomic E-state index is 12.8. The standard InChI is InChI=1S/C12H8BrClF3N3O2S/c13-6-3-10(11(18)19-5-6)23(21,22)20-7-1-2-9(14)8(4-7)12(15,16)17/h1-5,20H,(H2,18,19). The monoisotopic (exact) mass is 429 g/mol. The van der Waals surface area contributed by atoms with Gasteiger partial charge in [-0.05, 0) is 40.2 Å². The molecule has 5 nitrogen and oxygen atoms in total. The summed E-state index contributed by atoms with van der Waals surface area (Å²) in [6.45, 7) is 0. The van der Waals surface area contributed by atoms with Crippen LogP contribution in [0.2, 0.25) is 5.02 Å². The van der Waals surface area contributed by atoms with Gasteiger partial charge in [-0.25, -0.2) is 13.4 Å². The van der Waals surface area contributed by atoms with Crippen molar-refractivity contribution < 1.29 is 21.6 Å². The summed E-state index contributed by atoms with van der Waals surface area (Å²) in [7, 11) is -4.22. The molecule has 0 aliphatic rings. The molecule has 0 aliphatic carbocycles. The predicted octanol–water partition coefficient (Wildman–Crippen LogP) is 3.90. The summed E-state index contributed by atoms with van der Waals surface area (Å²) >= 11 is 8.53. The maximum absolute atomic E-state index is 12.8. The molecule has 0 bridgehead atoms. The number of sulfonamides is 1. The Morgan fingerprint density at radius 1 is 1.26 bits per heavy atom. The Labute approximate surface area is 142 Å².